The topological polar surface area (TPSA) is 47.5 Å². The molecule has 0 spiro atoms. The summed E-state index contributed by atoms with van der Waals surface area (Å²) in [6.45, 7) is 1.84. The van der Waals surface area contributed by atoms with Gasteiger partial charge in [-0.15, -0.1) is 11.3 Å². The maximum absolute atomic E-state index is 14.5. The molecule has 4 rings (SSSR count). The number of halogens is 2. The summed E-state index contributed by atoms with van der Waals surface area (Å²) >= 11 is 3.89. The zero-order valence-electron chi connectivity index (χ0n) is 17.8. The Morgan fingerprint density at radius 1 is 0.938 bits per heavy atom. The molecule has 4 aromatic rings. The van der Waals surface area contributed by atoms with E-state index in [1.165, 1.54) is 0 Å². The zero-order valence-corrected chi connectivity index (χ0v) is 20.8. The van der Waals surface area contributed by atoms with Gasteiger partial charge in [0.2, 0.25) is 5.95 Å². The molecular weight excluding hydrogens is 540 g/mol. The van der Waals surface area contributed by atoms with Gasteiger partial charge in [-0.05, 0) is 35.9 Å². The summed E-state index contributed by atoms with van der Waals surface area (Å²) in [4.78, 5) is 10.6. The van der Waals surface area contributed by atoms with Crippen molar-refractivity contribution in [2.75, 3.05) is 43.2 Å². The molecular formula is C24H23FIN3O2S. The number of nitrogens with zero attached hydrogens (tertiary/aromatic N) is 3. The summed E-state index contributed by atoms with van der Waals surface area (Å²) in [5.41, 5.74) is 3.18. The molecule has 5 nitrogen and oxygen atoms in total. The number of benzene rings is 2. The third-order valence-corrected chi connectivity index (χ3v) is 6.32. The van der Waals surface area contributed by atoms with E-state index in [9.17, 15) is 4.39 Å². The number of pyridine rings is 1. The van der Waals surface area contributed by atoms with Crippen molar-refractivity contribution in [2.24, 2.45) is 0 Å². The molecule has 0 aliphatic carbocycles. The minimum absolute atomic E-state index is 0.476. The van der Waals surface area contributed by atoms with Gasteiger partial charge in [0, 0.05) is 29.6 Å². The quantitative estimate of drug-likeness (QED) is 0.107. The van der Waals surface area contributed by atoms with Crippen LogP contribution >= 0.6 is 33.9 Å². The fourth-order valence-corrected chi connectivity index (χ4v) is 4.49. The number of ether oxygens (including phenoxy) is 2. The average molecular weight is 563 g/mol. The number of rotatable bonds is 9. The van der Waals surface area contributed by atoms with Crippen molar-refractivity contribution in [2.45, 2.75) is 0 Å². The van der Waals surface area contributed by atoms with Crippen LogP contribution in [0.4, 0.5) is 10.2 Å². The van der Waals surface area contributed by atoms with Gasteiger partial charge in [0.15, 0.2) is 0 Å². The highest BCUT2D eigenvalue weighted by Gasteiger charge is 2.11. The second kappa shape index (κ2) is 10.5. The molecule has 8 heteroatoms. The first-order chi connectivity index (χ1) is 15.5. The number of fused-ring (bicyclic) bond motifs is 1. The van der Waals surface area contributed by atoms with Crippen LogP contribution < -0.4 is 9.64 Å². The van der Waals surface area contributed by atoms with E-state index in [1.54, 1.807) is 22.3 Å². The molecule has 0 saturated heterocycles. The van der Waals surface area contributed by atoms with Crippen LogP contribution in [-0.4, -0.2) is 48.3 Å². The third-order valence-electron chi connectivity index (χ3n) is 4.81. The van der Waals surface area contributed by atoms with E-state index >= 15 is 0 Å². The smallest absolute Gasteiger partial charge is 0.222 e. The first kappa shape index (κ1) is 22.9. The normalized spacial score (nSPS) is 11.1. The van der Waals surface area contributed by atoms with Gasteiger partial charge in [0.05, 0.1) is 23.4 Å². The lowest BCUT2D eigenvalue weighted by atomic mass is 10.1. The maximum atomic E-state index is 14.5. The zero-order chi connectivity index (χ0) is 22.5. The van der Waals surface area contributed by atoms with Gasteiger partial charge < -0.3 is 14.4 Å². The van der Waals surface area contributed by atoms with Crippen molar-refractivity contribution in [1.82, 2.24) is 9.97 Å². The van der Waals surface area contributed by atoms with Crippen LogP contribution in [0.5, 0.6) is 5.75 Å². The first-order valence-corrected chi connectivity index (χ1v) is 12.5. The molecule has 32 heavy (non-hydrogen) atoms. The van der Waals surface area contributed by atoms with Crippen LogP contribution in [0.15, 0.2) is 54.6 Å². The van der Waals surface area contributed by atoms with Crippen LogP contribution in [0.2, 0.25) is 0 Å². The maximum Gasteiger partial charge on any atom is 0.222 e. The Morgan fingerprint density at radius 2 is 1.72 bits per heavy atom. The molecule has 0 radical (unpaired) electrons. The van der Waals surface area contributed by atoms with Crippen molar-refractivity contribution in [1.29, 1.82) is 0 Å². The van der Waals surface area contributed by atoms with E-state index in [0.717, 1.165) is 43.1 Å². The lowest BCUT2D eigenvalue weighted by molar-refractivity contribution is 0.113. The highest BCUT2D eigenvalue weighted by atomic mass is 127. The minimum atomic E-state index is -0.476. The molecule has 0 unspecified atom stereocenters. The monoisotopic (exact) mass is 563 g/mol. The van der Waals surface area contributed by atoms with Gasteiger partial charge in [-0.3, -0.25) is 0 Å². The molecule has 2 aromatic carbocycles. The summed E-state index contributed by atoms with van der Waals surface area (Å²) in [6, 6.07) is 17.2. The number of thiazole rings is 1. The van der Waals surface area contributed by atoms with Crippen LogP contribution in [-0.2, 0) is 4.74 Å². The Hall–Kier alpha value is -2.30. The van der Waals surface area contributed by atoms with E-state index in [-0.39, 0.29) is 0 Å². The van der Waals surface area contributed by atoms with Gasteiger partial charge in [-0.2, -0.15) is 4.39 Å². The summed E-state index contributed by atoms with van der Waals surface area (Å²) in [7, 11) is 3.68. The molecule has 0 atom stereocenters. The van der Waals surface area contributed by atoms with Gasteiger partial charge in [0.1, 0.15) is 23.2 Å². The fraction of sp³-hybridized carbons (Fsp3) is 0.250. The molecule has 2 heterocycles. The number of anilines is 1. The molecule has 0 bridgehead atoms. The Balaban J connectivity index is 1.49. The fourth-order valence-electron chi connectivity index (χ4n) is 3.17. The predicted molar refractivity (Wildman–Crippen MR) is 138 cm³/mol. The average Bonchev–Trinajstić information content (AvgIpc) is 3.22. The third kappa shape index (κ3) is 5.36. The van der Waals surface area contributed by atoms with E-state index in [2.05, 4.69) is 27.6 Å². The highest BCUT2D eigenvalue weighted by Crippen LogP contribution is 2.33. The molecule has 0 amide bonds. The Labute approximate surface area is 204 Å². The van der Waals surface area contributed by atoms with E-state index in [0.29, 0.717) is 24.6 Å². The minimum Gasteiger partial charge on any atom is -0.491 e. The predicted octanol–water partition coefficient (Wildman–Crippen LogP) is 6.06. The standard InChI is InChI=1S/C24H23FIN3O2S/c1-29(2)22-10-8-19(23(25)28-22)16-3-5-17(6-4-16)24-27-20-9-7-18(15-21(20)32-24)31-14-13-30-12-11-26/h3-10,15H,11-14H2,1-2H3. The van der Waals surface area contributed by atoms with Crippen molar-refractivity contribution >= 4 is 50.0 Å². The molecule has 0 saturated carbocycles. The van der Waals surface area contributed by atoms with Crippen LogP contribution in [0, 0.1) is 5.95 Å². The molecule has 0 fully saturated rings. The first-order valence-electron chi connectivity index (χ1n) is 10.2. The van der Waals surface area contributed by atoms with Gasteiger partial charge in [-0.1, -0.05) is 46.9 Å². The van der Waals surface area contributed by atoms with Crippen LogP contribution in [0.3, 0.4) is 0 Å². The molecule has 0 aliphatic heterocycles. The molecule has 0 aliphatic rings. The van der Waals surface area contributed by atoms with Crippen molar-refractivity contribution in [3.63, 3.8) is 0 Å². The molecule has 166 valence electrons. The van der Waals surface area contributed by atoms with Crippen molar-refractivity contribution in [3.8, 4) is 27.4 Å². The summed E-state index contributed by atoms with van der Waals surface area (Å²) < 4.78 is 27.7. The van der Waals surface area contributed by atoms with Gasteiger partial charge in [-0.25, -0.2) is 9.97 Å². The Morgan fingerprint density at radius 3 is 2.44 bits per heavy atom. The SMILES string of the molecule is CN(C)c1ccc(-c2ccc(-c3nc4ccc(OCCOCCI)cc4s3)cc2)c(F)n1. The second-order valence-electron chi connectivity index (χ2n) is 7.28. The summed E-state index contributed by atoms with van der Waals surface area (Å²) in [6.07, 6.45) is 0. The largest absolute Gasteiger partial charge is 0.491 e. The highest BCUT2D eigenvalue weighted by molar-refractivity contribution is 14.1. The Kier molecular flexibility index (Phi) is 7.54. The molecule has 0 N–H and O–H groups in total. The number of aromatic nitrogens is 2. The number of hydrogen-bond acceptors (Lipinski definition) is 6. The van der Waals surface area contributed by atoms with E-state index in [1.807, 2.05) is 62.6 Å². The lowest BCUT2D eigenvalue weighted by Crippen LogP contribution is -2.11. The summed E-state index contributed by atoms with van der Waals surface area (Å²) in [5, 5.41) is 0.913. The summed E-state index contributed by atoms with van der Waals surface area (Å²) in [5.74, 6) is 0.926. The molecule has 2 aromatic heterocycles. The van der Waals surface area contributed by atoms with Crippen molar-refractivity contribution < 1.29 is 13.9 Å². The second-order valence-corrected chi connectivity index (χ2v) is 9.39. The van der Waals surface area contributed by atoms with E-state index < -0.39 is 5.95 Å². The van der Waals surface area contributed by atoms with Crippen molar-refractivity contribution in [3.05, 3.63) is 60.5 Å². The van der Waals surface area contributed by atoms with Gasteiger partial charge >= 0.3 is 0 Å². The Bertz CT molecular complexity index is 1200. The lowest BCUT2D eigenvalue weighted by Gasteiger charge is -2.12. The van der Waals surface area contributed by atoms with E-state index in [4.69, 9.17) is 14.5 Å². The van der Waals surface area contributed by atoms with Crippen LogP contribution in [0.25, 0.3) is 31.9 Å². The number of alkyl halides is 1. The van der Waals surface area contributed by atoms with Crippen LogP contribution in [0.1, 0.15) is 0 Å². The van der Waals surface area contributed by atoms with Gasteiger partial charge in [0.25, 0.3) is 0 Å². The number of hydrogen-bond donors (Lipinski definition) is 0.